The quantitative estimate of drug-likeness (QED) is 0.353. The predicted molar refractivity (Wildman–Crippen MR) is 122 cm³/mol. The molecule has 3 aromatic carbocycles. The van der Waals surface area contributed by atoms with Gasteiger partial charge in [-0.15, -0.1) is 0 Å². The van der Waals surface area contributed by atoms with Crippen LogP contribution >= 0.6 is 0 Å². The summed E-state index contributed by atoms with van der Waals surface area (Å²) in [5.41, 5.74) is -1.22. The molecule has 0 unspecified atom stereocenters. The number of alkyl halides is 3. The largest absolute Gasteiger partial charge is 0.489 e. The molecule has 0 aliphatic rings. The van der Waals surface area contributed by atoms with Gasteiger partial charge in [-0.05, 0) is 41.0 Å². The summed E-state index contributed by atoms with van der Waals surface area (Å²) in [5.74, 6) is 0.659. The molecule has 0 radical (unpaired) electrons. The number of hydrogen-bond donors (Lipinski definition) is 0. The van der Waals surface area contributed by atoms with Crippen molar-refractivity contribution in [2.24, 2.45) is 0 Å². The SMILES string of the molecule is N#Cc1c(C(F)(F)F)cc(-c2cccc(COc3ccccc3)c2)n(Cc2ccccc2)c1=O. The molecule has 170 valence electrons. The Balaban J connectivity index is 1.82. The maximum absolute atomic E-state index is 13.7. The smallest absolute Gasteiger partial charge is 0.417 e. The standard InChI is InChI=1S/C27H19F3N2O2/c28-27(29,30)24-15-25(32(26(33)23(24)16-31)17-19-8-3-1-4-9-19)21-11-7-10-20(14-21)18-34-22-12-5-2-6-13-22/h1-15H,17-18H2. The molecule has 4 aromatic rings. The molecule has 0 aliphatic carbocycles. The predicted octanol–water partition coefficient (Wildman–Crippen LogP) is 6.03. The maximum atomic E-state index is 13.7. The number of benzene rings is 3. The number of ether oxygens (including phenoxy) is 1. The van der Waals surface area contributed by atoms with Crippen LogP contribution < -0.4 is 10.3 Å². The van der Waals surface area contributed by atoms with E-state index in [0.29, 0.717) is 11.3 Å². The fourth-order valence-electron chi connectivity index (χ4n) is 3.64. The van der Waals surface area contributed by atoms with Gasteiger partial charge in [0.15, 0.2) is 0 Å². The van der Waals surface area contributed by atoms with Gasteiger partial charge in [0.05, 0.1) is 17.8 Å². The topological polar surface area (TPSA) is 55.0 Å². The highest BCUT2D eigenvalue weighted by atomic mass is 19.4. The molecule has 0 fully saturated rings. The summed E-state index contributed by atoms with van der Waals surface area (Å²) in [7, 11) is 0. The van der Waals surface area contributed by atoms with Crippen molar-refractivity contribution in [3.05, 3.63) is 124 Å². The van der Waals surface area contributed by atoms with Gasteiger partial charge in [0.25, 0.3) is 5.56 Å². The van der Waals surface area contributed by atoms with Crippen LogP contribution in [0.3, 0.4) is 0 Å². The van der Waals surface area contributed by atoms with Crippen molar-refractivity contribution in [2.75, 3.05) is 0 Å². The van der Waals surface area contributed by atoms with Crippen LogP contribution in [0.25, 0.3) is 11.3 Å². The van der Waals surface area contributed by atoms with E-state index in [1.54, 1.807) is 66.7 Å². The fourth-order valence-corrected chi connectivity index (χ4v) is 3.64. The Morgan fingerprint density at radius 1 is 0.853 bits per heavy atom. The van der Waals surface area contributed by atoms with Gasteiger partial charge < -0.3 is 9.30 Å². The zero-order chi connectivity index (χ0) is 24.1. The zero-order valence-corrected chi connectivity index (χ0v) is 17.9. The highest BCUT2D eigenvalue weighted by molar-refractivity contribution is 5.63. The summed E-state index contributed by atoms with van der Waals surface area (Å²) in [5, 5.41) is 9.36. The Morgan fingerprint density at radius 2 is 1.50 bits per heavy atom. The van der Waals surface area contributed by atoms with E-state index in [4.69, 9.17) is 4.74 Å². The number of halogens is 3. The van der Waals surface area contributed by atoms with Crippen LogP contribution in [0.5, 0.6) is 5.75 Å². The van der Waals surface area contributed by atoms with E-state index in [1.165, 1.54) is 10.6 Å². The van der Waals surface area contributed by atoms with E-state index in [9.17, 15) is 23.2 Å². The second-order valence-corrected chi connectivity index (χ2v) is 7.61. The molecule has 0 saturated heterocycles. The second kappa shape index (κ2) is 9.67. The lowest BCUT2D eigenvalue weighted by Gasteiger charge is -2.18. The van der Waals surface area contributed by atoms with Crippen LogP contribution in [0.15, 0.2) is 95.8 Å². The summed E-state index contributed by atoms with van der Waals surface area (Å²) in [4.78, 5) is 13.1. The van der Waals surface area contributed by atoms with Gasteiger partial charge in [0, 0.05) is 0 Å². The Hall–Kier alpha value is -4.31. The van der Waals surface area contributed by atoms with Crippen molar-refractivity contribution < 1.29 is 17.9 Å². The van der Waals surface area contributed by atoms with Gasteiger partial charge in [-0.2, -0.15) is 18.4 Å². The minimum Gasteiger partial charge on any atom is -0.489 e. The fraction of sp³-hybridized carbons (Fsp3) is 0.111. The molecule has 0 aliphatic heterocycles. The van der Waals surface area contributed by atoms with E-state index < -0.39 is 22.9 Å². The van der Waals surface area contributed by atoms with Gasteiger partial charge in [-0.1, -0.05) is 66.7 Å². The molecule has 0 atom stereocenters. The van der Waals surface area contributed by atoms with Crippen molar-refractivity contribution in [3.8, 4) is 23.1 Å². The Bertz CT molecular complexity index is 1390. The van der Waals surface area contributed by atoms with Crippen molar-refractivity contribution in [3.63, 3.8) is 0 Å². The minimum atomic E-state index is -4.85. The van der Waals surface area contributed by atoms with Gasteiger partial charge in [-0.25, -0.2) is 0 Å². The first-order chi connectivity index (χ1) is 16.4. The molecule has 0 spiro atoms. The van der Waals surface area contributed by atoms with Gasteiger partial charge >= 0.3 is 6.18 Å². The zero-order valence-electron chi connectivity index (χ0n) is 17.9. The van der Waals surface area contributed by atoms with Gasteiger partial charge in [-0.3, -0.25) is 4.79 Å². The number of nitriles is 1. The van der Waals surface area contributed by atoms with Crippen molar-refractivity contribution in [1.29, 1.82) is 5.26 Å². The molecule has 1 heterocycles. The third-order valence-corrected chi connectivity index (χ3v) is 5.27. The van der Waals surface area contributed by atoms with E-state index in [1.807, 2.05) is 18.2 Å². The molecule has 1 aromatic heterocycles. The lowest BCUT2D eigenvalue weighted by molar-refractivity contribution is -0.137. The molecular weight excluding hydrogens is 441 g/mol. The van der Waals surface area contributed by atoms with Crippen LogP contribution in [-0.4, -0.2) is 4.57 Å². The maximum Gasteiger partial charge on any atom is 0.417 e. The van der Waals surface area contributed by atoms with E-state index in [0.717, 1.165) is 17.2 Å². The number of hydrogen-bond acceptors (Lipinski definition) is 3. The molecule has 0 amide bonds. The first-order valence-corrected chi connectivity index (χ1v) is 10.4. The highest BCUT2D eigenvalue weighted by Crippen LogP contribution is 2.34. The Kier molecular flexibility index (Phi) is 6.51. The summed E-state index contributed by atoms with van der Waals surface area (Å²) in [6.45, 7) is 0.218. The number of rotatable bonds is 6. The lowest BCUT2D eigenvalue weighted by atomic mass is 10.0. The van der Waals surface area contributed by atoms with Crippen LogP contribution in [0.4, 0.5) is 13.2 Å². The molecule has 4 rings (SSSR count). The Labute approximate surface area is 194 Å². The molecule has 0 N–H and O–H groups in total. The van der Waals surface area contributed by atoms with Gasteiger partial charge in [0.2, 0.25) is 0 Å². The number of para-hydroxylation sites is 1. The lowest BCUT2D eigenvalue weighted by Crippen LogP contribution is -2.28. The van der Waals surface area contributed by atoms with Crippen LogP contribution in [0, 0.1) is 11.3 Å². The van der Waals surface area contributed by atoms with E-state index >= 15 is 0 Å². The molecule has 34 heavy (non-hydrogen) atoms. The average Bonchev–Trinajstić information content (AvgIpc) is 2.84. The molecule has 7 heteroatoms. The van der Waals surface area contributed by atoms with Crippen LogP contribution in [-0.2, 0) is 19.3 Å². The van der Waals surface area contributed by atoms with E-state index in [2.05, 4.69) is 0 Å². The number of nitrogens with zero attached hydrogens (tertiary/aromatic N) is 2. The summed E-state index contributed by atoms with van der Waals surface area (Å²) in [6, 6.07) is 27.2. The molecule has 4 nitrogen and oxygen atoms in total. The summed E-state index contributed by atoms with van der Waals surface area (Å²) >= 11 is 0. The summed E-state index contributed by atoms with van der Waals surface area (Å²) < 4.78 is 48.2. The van der Waals surface area contributed by atoms with Crippen LogP contribution in [0.1, 0.15) is 22.3 Å². The second-order valence-electron chi connectivity index (χ2n) is 7.61. The summed E-state index contributed by atoms with van der Waals surface area (Å²) in [6.07, 6.45) is -4.85. The van der Waals surface area contributed by atoms with Gasteiger partial charge in [0.1, 0.15) is 24.0 Å². The highest BCUT2D eigenvalue weighted by Gasteiger charge is 2.36. The number of aromatic nitrogens is 1. The Morgan fingerprint density at radius 3 is 2.15 bits per heavy atom. The van der Waals surface area contributed by atoms with Crippen molar-refractivity contribution >= 4 is 0 Å². The first-order valence-electron chi connectivity index (χ1n) is 10.4. The number of pyridine rings is 1. The van der Waals surface area contributed by atoms with Crippen molar-refractivity contribution in [2.45, 2.75) is 19.3 Å². The van der Waals surface area contributed by atoms with Crippen LogP contribution in [0.2, 0.25) is 0 Å². The van der Waals surface area contributed by atoms with Crippen molar-refractivity contribution in [1.82, 2.24) is 4.57 Å². The third kappa shape index (κ3) is 5.02. The molecule has 0 bridgehead atoms. The monoisotopic (exact) mass is 460 g/mol. The minimum absolute atomic E-state index is 0.0204. The normalized spacial score (nSPS) is 11.1. The average molecular weight is 460 g/mol. The third-order valence-electron chi connectivity index (χ3n) is 5.27. The molecular formula is C27H19F3N2O2. The van der Waals surface area contributed by atoms with E-state index in [-0.39, 0.29) is 18.8 Å². The molecule has 0 saturated carbocycles. The first kappa shape index (κ1) is 22.9.